The lowest BCUT2D eigenvalue weighted by atomic mass is 10.3. The lowest BCUT2D eigenvalue weighted by Gasteiger charge is -2.20. The normalized spacial score (nSPS) is 15.6. The highest BCUT2D eigenvalue weighted by Crippen LogP contribution is 2.25. The second-order valence-corrected chi connectivity index (χ2v) is 4.21. The molecule has 1 saturated carbocycles. The number of halogens is 2. The molecule has 1 aliphatic carbocycles. The first-order valence-corrected chi connectivity index (χ1v) is 5.95. The monoisotopic (exact) mass is 301 g/mol. The first-order chi connectivity index (χ1) is 7.69. The number of nitrogens with one attached hydrogen (secondary N) is 1. The van der Waals surface area contributed by atoms with E-state index in [1.807, 2.05) is 0 Å². The van der Waals surface area contributed by atoms with Gasteiger partial charge < -0.3 is 15.8 Å². The Labute approximate surface area is 122 Å². The van der Waals surface area contributed by atoms with E-state index in [1.54, 1.807) is 7.11 Å². The van der Waals surface area contributed by atoms with E-state index in [0.717, 1.165) is 19.1 Å². The minimum atomic E-state index is -0.555. The van der Waals surface area contributed by atoms with Crippen molar-refractivity contribution in [2.24, 2.45) is 5.73 Å². The van der Waals surface area contributed by atoms with Crippen molar-refractivity contribution in [3.8, 4) is 0 Å². The molecule has 1 fully saturated rings. The molecule has 3 N–H and O–H groups in total. The van der Waals surface area contributed by atoms with E-state index in [2.05, 4.69) is 17.1 Å². The minimum Gasteiger partial charge on any atom is -0.383 e. The summed E-state index contributed by atoms with van der Waals surface area (Å²) in [6.07, 6.45) is 2.59. The lowest BCUT2D eigenvalue weighted by Crippen LogP contribution is -2.46. The number of amides is 1. The van der Waals surface area contributed by atoms with Crippen LogP contribution in [0.25, 0.3) is 0 Å². The van der Waals surface area contributed by atoms with Crippen LogP contribution in [0.1, 0.15) is 19.8 Å². The largest absolute Gasteiger partial charge is 0.383 e. The molecule has 1 rings (SSSR count). The van der Waals surface area contributed by atoms with E-state index in [4.69, 9.17) is 10.5 Å². The third-order valence-electron chi connectivity index (χ3n) is 2.85. The van der Waals surface area contributed by atoms with E-state index in [1.165, 1.54) is 12.8 Å². The number of hydrogen-bond donors (Lipinski definition) is 2. The van der Waals surface area contributed by atoms with Crippen molar-refractivity contribution in [1.29, 1.82) is 0 Å². The molecular formula is C11H25Cl2N3O2. The van der Waals surface area contributed by atoms with Gasteiger partial charge in [0.15, 0.2) is 0 Å². The van der Waals surface area contributed by atoms with Crippen LogP contribution in [0.3, 0.4) is 0 Å². The highest BCUT2D eigenvalue weighted by Gasteiger charge is 2.27. The van der Waals surface area contributed by atoms with Crippen LogP contribution in [0, 0.1) is 0 Å². The molecule has 5 nitrogen and oxygen atoms in total. The fraction of sp³-hybridized carbons (Fsp3) is 0.909. The highest BCUT2D eigenvalue weighted by atomic mass is 35.5. The average molecular weight is 302 g/mol. The number of likely N-dealkylation sites (N-methyl/N-ethyl adjacent to an activating group) is 1. The summed E-state index contributed by atoms with van der Waals surface area (Å²) in [5, 5.41) is 2.83. The Kier molecular flexibility index (Phi) is 12.2. The first kappa shape index (κ1) is 20.3. The molecular weight excluding hydrogens is 277 g/mol. The topological polar surface area (TPSA) is 67.6 Å². The van der Waals surface area contributed by atoms with Crippen LogP contribution in [0.2, 0.25) is 0 Å². The minimum absolute atomic E-state index is 0. The Morgan fingerprint density at radius 2 is 2.11 bits per heavy atom. The van der Waals surface area contributed by atoms with E-state index >= 15 is 0 Å². The quantitative estimate of drug-likeness (QED) is 0.681. The number of ether oxygens (including phenoxy) is 1. The third kappa shape index (κ3) is 7.38. The van der Waals surface area contributed by atoms with Crippen molar-refractivity contribution in [3.63, 3.8) is 0 Å². The van der Waals surface area contributed by atoms with Gasteiger partial charge in [0.1, 0.15) is 6.04 Å². The van der Waals surface area contributed by atoms with Gasteiger partial charge in [0.05, 0.1) is 6.61 Å². The van der Waals surface area contributed by atoms with Crippen LogP contribution in [0.15, 0.2) is 0 Å². The molecule has 0 aliphatic heterocycles. The summed E-state index contributed by atoms with van der Waals surface area (Å²) in [4.78, 5) is 13.8. The number of methoxy groups -OCH3 is 1. The van der Waals surface area contributed by atoms with Crippen LogP contribution >= 0.6 is 24.8 Å². The van der Waals surface area contributed by atoms with Gasteiger partial charge in [-0.3, -0.25) is 9.69 Å². The molecule has 0 saturated heterocycles. The summed E-state index contributed by atoms with van der Waals surface area (Å²) < 4.78 is 4.83. The van der Waals surface area contributed by atoms with Crippen LogP contribution in [0.5, 0.6) is 0 Å². The van der Waals surface area contributed by atoms with Crippen LogP contribution in [-0.4, -0.2) is 56.2 Å². The summed E-state index contributed by atoms with van der Waals surface area (Å²) in [5.41, 5.74) is 5.60. The Morgan fingerprint density at radius 3 is 2.56 bits per heavy atom. The molecule has 18 heavy (non-hydrogen) atoms. The number of carbonyl (C=O) groups excluding carboxylic acids is 1. The average Bonchev–Trinajstić information content (AvgIpc) is 3.08. The molecule has 0 spiro atoms. The predicted molar refractivity (Wildman–Crippen MR) is 77.6 cm³/mol. The van der Waals surface area contributed by atoms with E-state index in [0.29, 0.717) is 6.54 Å². The molecule has 0 radical (unpaired) electrons. The second kappa shape index (κ2) is 10.8. The van der Waals surface area contributed by atoms with E-state index < -0.39 is 6.04 Å². The predicted octanol–water partition coefficient (Wildman–Crippen LogP) is 0.404. The molecule has 0 heterocycles. The second-order valence-electron chi connectivity index (χ2n) is 4.21. The Bertz CT molecular complexity index is 228. The van der Waals surface area contributed by atoms with Crippen molar-refractivity contribution in [2.75, 3.05) is 33.4 Å². The number of nitrogens with zero attached hydrogens (tertiary/aromatic N) is 1. The maximum atomic E-state index is 11.5. The van der Waals surface area contributed by atoms with Gasteiger partial charge in [0, 0.05) is 26.2 Å². The fourth-order valence-electron chi connectivity index (χ4n) is 1.75. The molecule has 110 valence electrons. The molecule has 7 heteroatoms. The Hall–Kier alpha value is -0.0700. The smallest absolute Gasteiger partial charge is 0.239 e. The van der Waals surface area contributed by atoms with Crippen molar-refractivity contribution < 1.29 is 9.53 Å². The van der Waals surface area contributed by atoms with Gasteiger partial charge in [0.2, 0.25) is 5.91 Å². The van der Waals surface area contributed by atoms with Gasteiger partial charge in [-0.05, 0) is 19.4 Å². The van der Waals surface area contributed by atoms with E-state index in [-0.39, 0.29) is 37.3 Å². The molecule has 0 aromatic heterocycles. The molecule has 0 aromatic carbocycles. The molecule has 0 bridgehead atoms. The van der Waals surface area contributed by atoms with Gasteiger partial charge in [0.25, 0.3) is 0 Å². The van der Waals surface area contributed by atoms with Gasteiger partial charge in [-0.15, -0.1) is 24.8 Å². The molecule has 0 aromatic rings. The van der Waals surface area contributed by atoms with Crippen molar-refractivity contribution in [1.82, 2.24) is 10.2 Å². The zero-order valence-corrected chi connectivity index (χ0v) is 12.7. The van der Waals surface area contributed by atoms with Gasteiger partial charge in [-0.25, -0.2) is 0 Å². The Balaban J connectivity index is 0. The van der Waals surface area contributed by atoms with Crippen molar-refractivity contribution in [2.45, 2.75) is 31.8 Å². The number of rotatable bonds is 8. The van der Waals surface area contributed by atoms with Crippen LogP contribution < -0.4 is 11.1 Å². The third-order valence-corrected chi connectivity index (χ3v) is 2.85. The molecule has 1 amide bonds. The summed E-state index contributed by atoms with van der Waals surface area (Å²) in [6, 6.07) is 0.190. The summed E-state index contributed by atoms with van der Waals surface area (Å²) in [6.45, 7) is 5.04. The van der Waals surface area contributed by atoms with Crippen LogP contribution in [-0.2, 0) is 9.53 Å². The maximum Gasteiger partial charge on any atom is 0.239 e. The fourth-order valence-corrected chi connectivity index (χ4v) is 1.75. The summed E-state index contributed by atoms with van der Waals surface area (Å²) in [5.74, 6) is -0.131. The summed E-state index contributed by atoms with van der Waals surface area (Å²) in [7, 11) is 1.54. The molecule has 1 unspecified atom stereocenters. The molecule has 1 atom stereocenters. The number of hydrogen-bond acceptors (Lipinski definition) is 4. The SMILES string of the molecule is CCN(CCNC(=O)C(N)COC)C1CC1.Cl.Cl. The zero-order chi connectivity index (χ0) is 12.0. The van der Waals surface area contributed by atoms with Gasteiger partial charge in [-0.1, -0.05) is 6.92 Å². The highest BCUT2D eigenvalue weighted by molar-refractivity contribution is 5.85. The molecule has 1 aliphatic rings. The van der Waals surface area contributed by atoms with Gasteiger partial charge in [-0.2, -0.15) is 0 Å². The Morgan fingerprint density at radius 1 is 1.50 bits per heavy atom. The van der Waals surface area contributed by atoms with Gasteiger partial charge >= 0.3 is 0 Å². The number of nitrogens with two attached hydrogens (primary N) is 1. The summed E-state index contributed by atoms with van der Waals surface area (Å²) >= 11 is 0. The first-order valence-electron chi connectivity index (χ1n) is 5.95. The van der Waals surface area contributed by atoms with Crippen LogP contribution in [0.4, 0.5) is 0 Å². The zero-order valence-electron chi connectivity index (χ0n) is 11.1. The maximum absolute atomic E-state index is 11.5. The van der Waals surface area contributed by atoms with Crippen molar-refractivity contribution in [3.05, 3.63) is 0 Å². The van der Waals surface area contributed by atoms with E-state index in [9.17, 15) is 4.79 Å². The number of carbonyl (C=O) groups is 1. The van der Waals surface area contributed by atoms with Crippen molar-refractivity contribution >= 4 is 30.7 Å². The lowest BCUT2D eigenvalue weighted by molar-refractivity contribution is -0.123. The standard InChI is InChI=1S/C11H23N3O2.2ClH/c1-3-14(9-4-5-9)7-6-13-11(15)10(12)8-16-2;;/h9-10H,3-8,12H2,1-2H3,(H,13,15);2*1H.